The zero-order valence-corrected chi connectivity index (χ0v) is 13.4. The standard InChI is InChI=1S/C17H23N3O2/c1-4-9-17(2,22)16(21)18-12-7-8-14-13(10-12)19-15(20(14)3)11-5-6-11/h7-8,10-11,22H,4-6,9H2,1-3H3,(H,18,21). The SMILES string of the molecule is CCCC(C)(O)C(=O)Nc1ccc2c(c1)nc(C1CC1)n2C. The number of hydrogen-bond acceptors (Lipinski definition) is 3. The molecule has 1 aliphatic rings. The molecule has 1 aromatic carbocycles. The average molecular weight is 301 g/mol. The van der Waals surface area contributed by atoms with E-state index in [0.717, 1.165) is 23.3 Å². The number of carbonyl (C=O) groups excluding carboxylic acids is 1. The molecule has 1 fully saturated rings. The fourth-order valence-corrected chi connectivity index (χ4v) is 2.87. The minimum atomic E-state index is -1.34. The van der Waals surface area contributed by atoms with Crippen LogP contribution in [0.2, 0.25) is 0 Å². The molecule has 1 unspecified atom stereocenters. The molecular weight excluding hydrogens is 278 g/mol. The van der Waals surface area contributed by atoms with Crippen molar-refractivity contribution in [2.75, 3.05) is 5.32 Å². The Labute approximate surface area is 130 Å². The molecular formula is C17H23N3O2. The summed E-state index contributed by atoms with van der Waals surface area (Å²) >= 11 is 0. The van der Waals surface area contributed by atoms with Gasteiger partial charge in [0.05, 0.1) is 11.0 Å². The van der Waals surface area contributed by atoms with E-state index >= 15 is 0 Å². The van der Waals surface area contributed by atoms with E-state index < -0.39 is 5.60 Å². The van der Waals surface area contributed by atoms with Crippen molar-refractivity contribution >= 4 is 22.6 Å². The van der Waals surface area contributed by atoms with Gasteiger partial charge in [-0.15, -0.1) is 0 Å². The number of aromatic nitrogens is 2. The Balaban J connectivity index is 1.84. The van der Waals surface area contributed by atoms with Crippen LogP contribution in [0.15, 0.2) is 18.2 Å². The predicted molar refractivity (Wildman–Crippen MR) is 86.9 cm³/mol. The Kier molecular flexibility index (Phi) is 3.68. The number of aryl methyl sites for hydroxylation is 1. The van der Waals surface area contributed by atoms with Gasteiger partial charge >= 0.3 is 0 Å². The molecule has 1 amide bonds. The Hall–Kier alpha value is -1.88. The van der Waals surface area contributed by atoms with E-state index in [1.165, 1.54) is 12.8 Å². The lowest BCUT2D eigenvalue weighted by Gasteiger charge is -2.21. The molecule has 0 spiro atoms. The lowest BCUT2D eigenvalue weighted by atomic mass is 9.99. The smallest absolute Gasteiger partial charge is 0.256 e. The van der Waals surface area contributed by atoms with Crippen molar-refractivity contribution in [1.82, 2.24) is 9.55 Å². The Morgan fingerprint density at radius 2 is 2.23 bits per heavy atom. The molecule has 0 saturated heterocycles. The van der Waals surface area contributed by atoms with Crippen LogP contribution in [-0.4, -0.2) is 26.2 Å². The van der Waals surface area contributed by atoms with E-state index in [2.05, 4.69) is 14.9 Å². The van der Waals surface area contributed by atoms with Gasteiger partial charge in [0.1, 0.15) is 11.4 Å². The van der Waals surface area contributed by atoms with Crippen LogP contribution in [0, 0.1) is 0 Å². The van der Waals surface area contributed by atoms with Crippen LogP contribution in [0.1, 0.15) is 51.3 Å². The van der Waals surface area contributed by atoms with Crippen LogP contribution in [0.3, 0.4) is 0 Å². The van der Waals surface area contributed by atoms with Crippen LogP contribution >= 0.6 is 0 Å². The first kappa shape index (κ1) is 15.0. The summed E-state index contributed by atoms with van der Waals surface area (Å²) in [6.07, 6.45) is 3.61. The third kappa shape index (κ3) is 2.73. The number of nitrogens with one attached hydrogen (secondary N) is 1. The molecule has 3 rings (SSSR count). The van der Waals surface area contributed by atoms with Gasteiger partial charge < -0.3 is 15.0 Å². The van der Waals surface area contributed by atoms with Gasteiger partial charge in [-0.2, -0.15) is 0 Å². The number of anilines is 1. The molecule has 2 N–H and O–H groups in total. The van der Waals surface area contributed by atoms with E-state index in [9.17, 15) is 9.90 Å². The number of benzene rings is 1. The number of imidazole rings is 1. The maximum absolute atomic E-state index is 12.2. The highest BCUT2D eigenvalue weighted by atomic mass is 16.3. The van der Waals surface area contributed by atoms with Gasteiger partial charge in [0.25, 0.3) is 5.91 Å². The average Bonchev–Trinajstić information content (AvgIpc) is 3.24. The van der Waals surface area contributed by atoms with Crippen molar-refractivity contribution in [3.63, 3.8) is 0 Å². The normalized spacial score (nSPS) is 17.5. The fourth-order valence-electron chi connectivity index (χ4n) is 2.87. The van der Waals surface area contributed by atoms with Crippen LogP contribution in [0.4, 0.5) is 5.69 Å². The van der Waals surface area contributed by atoms with Crippen LogP contribution < -0.4 is 5.32 Å². The molecule has 0 aliphatic heterocycles. The second-order valence-electron chi connectivity index (χ2n) is 6.48. The maximum atomic E-state index is 12.2. The summed E-state index contributed by atoms with van der Waals surface area (Å²) in [4.78, 5) is 16.9. The number of nitrogens with zero attached hydrogens (tertiary/aromatic N) is 2. The molecule has 1 heterocycles. The summed E-state index contributed by atoms with van der Waals surface area (Å²) in [6.45, 7) is 3.50. The monoisotopic (exact) mass is 301 g/mol. The van der Waals surface area contributed by atoms with E-state index in [4.69, 9.17) is 0 Å². The summed E-state index contributed by atoms with van der Waals surface area (Å²) < 4.78 is 2.13. The highest BCUT2D eigenvalue weighted by molar-refractivity contribution is 5.98. The summed E-state index contributed by atoms with van der Waals surface area (Å²) in [5, 5.41) is 12.9. The Morgan fingerprint density at radius 3 is 2.86 bits per heavy atom. The van der Waals surface area contributed by atoms with Crippen LogP contribution in [0.25, 0.3) is 11.0 Å². The van der Waals surface area contributed by atoms with Gasteiger partial charge in [0.15, 0.2) is 0 Å². The van der Waals surface area contributed by atoms with Crippen molar-refractivity contribution in [3.05, 3.63) is 24.0 Å². The van der Waals surface area contributed by atoms with E-state index in [0.29, 0.717) is 18.0 Å². The maximum Gasteiger partial charge on any atom is 0.256 e. The van der Waals surface area contributed by atoms with Gasteiger partial charge in [-0.1, -0.05) is 13.3 Å². The first-order chi connectivity index (χ1) is 10.4. The summed E-state index contributed by atoms with van der Waals surface area (Å²) in [5.41, 5.74) is 1.29. The quantitative estimate of drug-likeness (QED) is 0.892. The van der Waals surface area contributed by atoms with Crippen LogP contribution in [0.5, 0.6) is 0 Å². The molecule has 1 atom stereocenters. The van der Waals surface area contributed by atoms with E-state index in [1.54, 1.807) is 6.92 Å². The third-order valence-corrected chi connectivity index (χ3v) is 4.34. The molecule has 2 aromatic rings. The first-order valence-corrected chi connectivity index (χ1v) is 7.92. The van der Waals surface area contributed by atoms with Gasteiger partial charge in [-0.3, -0.25) is 4.79 Å². The number of amides is 1. The van der Waals surface area contributed by atoms with Gasteiger partial charge in [0, 0.05) is 18.7 Å². The minimum absolute atomic E-state index is 0.368. The summed E-state index contributed by atoms with van der Waals surface area (Å²) in [6, 6.07) is 5.71. The number of hydrogen-bond donors (Lipinski definition) is 2. The topological polar surface area (TPSA) is 67.2 Å². The lowest BCUT2D eigenvalue weighted by Crippen LogP contribution is -2.39. The Morgan fingerprint density at radius 1 is 1.50 bits per heavy atom. The van der Waals surface area contributed by atoms with Gasteiger partial charge in [0.2, 0.25) is 0 Å². The molecule has 1 saturated carbocycles. The van der Waals surface area contributed by atoms with Gasteiger partial charge in [-0.05, 0) is 44.4 Å². The highest BCUT2D eigenvalue weighted by Crippen LogP contribution is 2.40. The molecule has 0 bridgehead atoms. The van der Waals surface area contributed by atoms with E-state index in [1.807, 2.05) is 32.2 Å². The third-order valence-electron chi connectivity index (χ3n) is 4.34. The Bertz CT molecular complexity index is 714. The zero-order valence-electron chi connectivity index (χ0n) is 13.4. The predicted octanol–water partition coefficient (Wildman–Crippen LogP) is 2.94. The molecule has 22 heavy (non-hydrogen) atoms. The largest absolute Gasteiger partial charge is 0.380 e. The molecule has 5 heteroatoms. The molecule has 0 radical (unpaired) electrons. The number of fused-ring (bicyclic) bond motifs is 1. The fraction of sp³-hybridized carbons (Fsp3) is 0.529. The minimum Gasteiger partial charge on any atom is -0.380 e. The van der Waals surface area contributed by atoms with Gasteiger partial charge in [-0.25, -0.2) is 4.98 Å². The summed E-state index contributed by atoms with van der Waals surface area (Å²) in [7, 11) is 2.04. The van der Waals surface area contributed by atoms with Crippen molar-refractivity contribution in [2.45, 2.75) is 51.0 Å². The second-order valence-corrected chi connectivity index (χ2v) is 6.48. The number of aliphatic hydroxyl groups is 1. The van der Waals surface area contributed by atoms with Crippen molar-refractivity contribution in [3.8, 4) is 0 Å². The van der Waals surface area contributed by atoms with Crippen molar-refractivity contribution in [2.24, 2.45) is 7.05 Å². The van der Waals surface area contributed by atoms with E-state index in [-0.39, 0.29) is 5.91 Å². The summed E-state index contributed by atoms with van der Waals surface area (Å²) in [5.74, 6) is 1.34. The number of rotatable bonds is 5. The first-order valence-electron chi connectivity index (χ1n) is 7.92. The number of carbonyl (C=O) groups is 1. The molecule has 1 aromatic heterocycles. The molecule has 1 aliphatic carbocycles. The van der Waals surface area contributed by atoms with Crippen molar-refractivity contribution < 1.29 is 9.90 Å². The lowest BCUT2D eigenvalue weighted by molar-refractivity contribution is -0.133. The second kappa shape index (κ2) is 5.39. The molecule has 5 nitrogen and oxygen atoms in total. The highest BCUT2D eigenvalue weighted by Gasteiger charge is 2.30. The van der Waals surface area contributed by atoms with Crippen molar-refractivity contribution in [1.29, 1.82) is 0 Å². The molecule has 118 valence electrons. The zero-order chi connectivity index (χ0) is 15.9. The van der Waals surface area contributed by atoms with Crippen LogP contribution in [-0.2, 0) is 11.8 Å².